The molecule has 1 saturated carbocycles. The molecule has 3 heteroatoms. The first-order chi connectivity index (χ1) is 7.68. The summed E-state index contributed by atoms with van der Waals surface area (Å²) < 4.78 is 0. The third kappa shape index (κ3) is 2.57. The number of rotatable bonds is 1. The number of aliphatic hydroxyl groups excluding tert-OH is 1. The van der Waals surface area contributed by atoms with E-state index in [1.54, 1.807) is 0 Å². The van der Waals surface area contributed by atoms with Crippen LogP contribution in [0.15, 0.2) is 0 Å². The van der Waals surface area contributed by atoms with Crippen LogP contribution in [0.5, 0.6) is 0 Å². The average Bonchev–Trinajstić information content (AvgIpc) is 2.30. The van der Waals surface area contributed by atoms with Crippen LogP contribution in [-0.4, -0.2) is 34.6 Å². The van der Waals surface area contributed by atoms with Gasteiger partial charge in [0.2, 0.25) is 5.91 Å². The maximum atomic E-state index is 12.3. The van der Waals surface area contributed by atoms with Crippen molar-refractivity contribution in [1.29, 1.82) is 0 Å². The number of amides is 1. The minimum Gasteiger partial charge on any atom is -0.393 e. The van der Waals surface area contributed by atoms with Gasteiger partial charge in [0, 0.05) is 18.5 Å². The van der Waals surface area contributed by atoms with E-state index in [2.05, 4.69) is 11.8 Å². The maximum Gasteiger partial charge on any atom is 0.225 e. The molecular weight excluding hydrogens is 202 g/mol. The number of nitrogens with zero attached hydrogens (tertiary/aromatic N) is 1. The van der Waals surface area contributed by atoms with Crippen LogP contribution in [-0.2, 0) is 4.79 Å². The molecule has 0 aromatic carbocycles. The highest BCUT2D eigenvalue weighted by Gasteiger charge is 2.31. The molecule has 92 valence electrons. The summed E-state index contributed by atoms with van der Waals surface area (Å²) in [6.45, 7) is 3.10. The van der Waals surface area contributed by atoms with Crippen LogP contribution in [0.3, 0.4) is 0 Å². The number of hydrogen-bond acceptors (Lipinski definition) is 2. The van der Waals surface area contributed by atoms with E-state index in [9.17, 15) is 9.90 Å². The first-order valence-corrected chi connectivity index (χ1v) is 6.67. The summed E-state index contributed by atoms with van der Waals surface area (Å²) >= 11 is 0. The minimum atomic E-state index is -0.164. The minimum absolute atomic E-state index is 0.164. The van der Waals surface area contributed by atoms with Gasteiger partial charge in [0.25, 0.3) is 0 Å². The van der Waals surface area contributed by atoms with Crippen LogP contribution in [0.4, 0.5) is 0 Å². The number of hydrogen-bond donors (Lipinski definition) is 1. The fourth-order valence-electron chi connectivity index (χ4n) is 2.98. The Labute approximate surface area is 97.8 Å². The van der Waals surface area contributed by atoms with Crippen LogP contribution in [0, 0.1) is 5.92 Å². The van der Waals surface area contributed by atoms with Crippen LogP contribution in [0.25, 0.3) is 0 Å². The highest BCUT2D eigenvalue weighted by atomic mass is 16.3. The summed E-state index contributed by atoms with van der Waals surface area (Å²) in [5, 5.41) is 9.45. The zero-order chi connectivity index (χ0) is 11.5. The van der Waals surface area contributed by atoms with E-state index < -0.39 is 0 Å². The molecule has 1 aliphatic carbocycles. The topological polar surface area (TPSA) is 40.5 Å². The Balaban J connectivity index is 1.90. The van der Waals surface area contributed by atoms with Gasteiger partial charge < -0.3 is 10.0 Å². The van der Waals surface area contributed by atoms with Gasteiger partial charge >= 0.3 is 0 Å². The molecule has 1 unspecified atom stereocenters. The van der Waals surface area contributed by atoms with Gasteiger partial charge in [0.15, 0.2) is 0 Å². The molecule has 2 aliphatic rings. The van der Waals surface area contributed by atoms with Gasteiger partial charge in [-0.1, -0.05) is 0 Å². The van der Waals surface area contributed by atoms with Gasteiger partial charge in [-0.05, 0) is 51.9 Å². The third-order valence-corrected chi connectivity index (χ3v) is 4.13. The van der Waals surface area contributed by atoms with Crippen molar-refractivity contribution < 1.29 is 9.90 Å². The van der Waals surface area contributed by atoms with E-state index in [1.165, 1.54) is 6.42 Å². The van der Waals surface area contributed by atoms with Crippen LogP contribution in [0.2, 0.25) is 0 Å². The normalized spacial score (nSPS) is 36.1. The predicted molar refractivity (Wildman–Crippen MR) is 63.0 cm³/mol. The van der Waals surface area contributed by atoms with Crippen molar-refractivity contribution in [1.82, 2.24) is 4.90 Å². The van der Waals surface area contributed by atoms with Gasteiger partial charge in [-0.3, -0.25) is 4.79 Å². The lowest BCUT2D eigenvalue weighted by Crippen LogP contribution is -2.45. The van der Waals surface area contributed by atoms with E-state index in [4.69, 9.17) is 0 Å². The first kappa shape index (κ1) is 11.9. The van der Waals surface area contributed by atoms with Crippen molar-refractivity contribution in [2.24, 2.45) is 5.92 Å². The van der Waals surface area contributed by atoms with Crippen molar-refractivity contribution in [2.45, 2.75) is 64.0 Å². The summed E-state index contributed by atoms with van der Waals surface area (Å²) in [6.07, 6.45) is 6.77. The molecule has 0 radical (unpaired) electrons. The largest absolute Gasteiger partial charge is 0.393 e. The number of piperidine rings is 1. The Morgan fingerprint density at radius 3 is 2.44 bits per heavy atom. The molecule has 1 heterocycles. The fraction of sp³-hybridized carbons (Fsp3) is 0.923. The Morgan fingerprint density at radius 1 is 1.12 bits per heavy atom. The second-order valence-corrected chi connectivity index (χ2v) is 5.38. The molecule has 1 aliphatic heterocycles. The van der Waals surface area contributed by atoms with E-state index in [0.29, 0.717) is 11.9 Å². The Morgan fingerprint density at radius 2 is 1.81 bits per heavy atom. The summed E-state index contributed by atoms with van der Waals surface area (Å²) in [4.78, 5) is 14.4. The molecule has 0 spiro atoms. The average molecular weight is 225 g/mol. The van der Waals surface area contributed by atoms with Gasteiger partial charge in [-0.25, -0.2) is 0 Å². The van der Waals surface area contributed by atoms with E-state index in [0.717, 1.165) is 45.1 Å². The van der Waals surface area contributed by atoms with Crippen molar-refractivity contribution in [3.63, 3.8) is 0 Å². The number of carbonyl (C=O) groups is 1. The van der Waals surface area contributed by atoms with Gasteiger partial charge in [-0.15, -0.1) is 0 Å². The number of likely N-dealkylation sites (tertiary alicyclic amines) is 1. The number of aliphatic hydroxyl groups is 1. The van der Waals surface area contributed by atoms with Crippen LogP contribution >= 0.6 is 0 Å². The molecule has 0 bridgehead atoms. The molecule has 0 aromatic rings. The molecule has 1 atom stereocenters. The predicted octanol–water partition coefficient (Wildman–Crippen LogP) is 1.94. The molecule has 2 rings (SSSR count). The van der Waals surface area contributed by atoms with Crippen molar-refractivity contribution >= 4 is 5.91 Å². The van der Waals surface area contributed by atoms with Crippen molar-refractivity contribution in [3.8, 4) is 0 Å². The van der Waals surface area contributed by atoms with Crippen LogP contribution in [0.1, 0.15) is 51.9 Å². The fourth-order valence-corrected chi connectivity index (χ4v) is 2.98. The molecule has 2 fully saturated rings. The zero-order valence-corrected chi connectivity index (χ0v) is 10.2. The van der Waals surface area contributed by atoms with Gasteiger partial charge in [-0.2, -0.15) is 0 Å². The van der Waals surface area contributed by atoms with E-state index >= 15 is 0 Å². The third-order valence-electron chi connectivity index (χ3n) is 4.13. The second kappa shape index (κ2) is 5.17. The lowest BCUT2D eigenvalue weighted by molar-refractivity contribution is -0.140. The second-order valence-electron chi connectivity index (χ2n) is 5.38. The van der Waals surface area contributed by atoms with Crippen LogP contribution < -0.4 is 0 Å². The molecule has 3 nitrogen and oxygen atoms in total. The molecule has 1 amide bonds. The Bertz CT molecular complexity index is 246. The summed E-state index contributed by atoms with van der Waals surface area (Å²) in [6, 6.07) is 0.424. The quantitative estimate of drug-likeness (QED) is 0.741. The highest BCUT2D eigenvalue weighted by Crippen LogP contribution is 2.28. The summed E-state index contributed by atoms with van der Waals surface area (Å²) in [7, 11) is 0. The Kier molecular flexibility index (Phi) is 3.85. The van der Waals surface area contributed by atoms with Crippen molar-refractivity contribution in [3.05, 3.63) is 0 Å². The highest BCUT2D eigenvalue weighted by molar-refractivity contribution is 5.79. The SMILES string of the molecule is CC1CCCCN1C(=O)C1CCC(O)CC1. The molecular formula is C13H23NO2. The molecule has 1 N–H and O–H groups in total. The van der Waals surface area contributed by atoms with Crippen molar-refractivity contribution in [2.75, 3.05) is 6.54 Å². The van der Waals surface area contributed by atoms with E-state index in [-0.39, 0.29) is 12.0 Å². The monoisotopic (exact) mass is 225 g/mol. The van der Waals surface area contributed by atoms with Gasteiger partial charge in [0.1, 0.15) is 0 Å². The molecule has 16 heavy (non-hydrogen) atoms. The number of carbonyl (C=O) groups excluding carboxylic acids is 1. The summed E-state index contributed by atoms with van der Waals surface area (Å²) in [5.74, 6) is 0.531. The molecule has 1 saturated heterocycles. The Hall–Kier alpha value is -0.570. The lowest BCUT2D eigenvalue weighted by Gasteiger charge is -2.37. The first-order valence-electron chi connectivity index (χ1n) is 6.67. The lowest BCUT2D eigenvalue weighted by atomic mass is 9.85. The maximum absolute atomic E-state index is 12.3. The standard InChI is InChI=1S/C13H23NO2/c1-10-4-2-3-9-14(10)13(16)11-5-7-12(15)8-6-11/h10-12,15H,2-9H2,1H3. The molecule has 0 aromatic heterocycles. The smallest absolute Gasteiger partial charge is 0.225 e. The van der Waals surface area contributed by atoms with Gasteiger partial charge in [0.05, 0.1) is 6.10 Å². The van der Waals surface area contributed by atoms with E-state index in [1.807, 2.05) is 0 Å². The summed E-state index contributed by atoms with van der Waals surface area (Å²) in [5.41, 5.74) is 0. The zero-order valence-electron chi connectivity index (χ0n) is 10.2.